The second-order valence-corrected chi connectivity index (χ2v) is 19.9. The minimum Gasteiger partial charge on any atom is -0.508 e. The second-order valence-electron chi connectivity index (χ2n) is 19.9. The minimum atomic E-state index is -1.83. The number of aliphatic imine (C=N–C) groups is 1. The van der Waals surface area contributed by atoms with E-state index in [2.05, 4.69) is 46.9 Å². The molecular formula is C56H68N12O12. The highest BCUT2D eigenvalue weighted by Crippen LogP contribution is 2.22. The largest absolute Gasteiger partial charge is 0.508 e. The lowest BCUT2D eigenvalue weighted by atomic mass is 9.99. The Morgan fingerprint density at radius 2 is 0.925 bits per heavy atom. The van der Waals surface area contributed by atoms with Crippen LogP contribution in [0.5, 0.6) is 11.5 Å². The summed E-state index contributed by atoms with van der Waals surface area (Å²) in [7, 11) is 0. The number of carbonyl (C=O) groups excluding carboxylic acids is 6. The molecule has 424 valence electrons. The van der Waals surface area contributed by atoms with E-state index in [0.29, 0.717) is 28.7 Å². The first-order valence-corrected chi connectivity index (χ1v) is 25.9. The highest BCUT2D eigenvalue weighted by atomic mass is 16.4. The summed E-state index contributed by atoms with van der Waals surface area (Å²) in [4.78, 5) is 121. The maximum Gasteiger partial charge on any atom is 0.326 e. The van der Waals surface area contributed by atoms with Gasteiger partial charge >= 0.3 is 11.9 Å². The molecule has 6 amide bonds. The zero-order valence-electron chi connectivity index (χ0n) is 44.1. The summed E-state index contributed by atoms with van der Waals surface area (Å²) in [6.07, 6.45) is 2.00. The number of carboxylic acids is 2. The lowest BCUT2D eigenvalue weighted by Gasteiger charge is -2.28. The predicted molar refractivity (Wildman–Crippen MR) is 296 cm³/mol. The van der Waals surface area contributed by atoms with Crippen LogP contribution in [0.2, 0.25) is 0 Å². The number of hydrogen-bond acceptors (Lipinski definition) is 12. The van der Waals surface area contributed by atoms with Crippen molar-refractivity contribution in [1.82, 2.24) is 41.9 Å². The van der Waals surface area contributed by atoms with Crippen LogP contribution in [0.4, 0.5) is 0 Å². The molecule has 24 heteroatoms. The Balaban J connectivity index is 1.25. The number of nitrogens with one attached hydrogen (secondary N) is 8. The molecular weight excluding hydrogens is 1030 g/mol. The molecule has 6 aromatic rings. The number of aromatic amines is 2. The number of H-pyrrole nitrogens is 2. The topological polar surface area (TPSA) is 412 Å². The summed E-state index contributed by atoms with van der Waals surface area (Å²) < 4.78 is 0. The van der Waals surface area contributed by atoms with Crippen molar-refractivity contribution in [3.63, 3.8) is 0 Å². The number of phenolic OH excluding ortho intramolecular Hbond substituents is 2. The van der Waals surface area contributed by atoms with Crippen molar-refractivity contribution in [2.75, 3.05) is 6.54 Å². The maximum absolute atomic E-state index is 14.8. The molecule has 6 rings (SSSR count). The van der Waals surface area contributed by atoms with Crippen molar-refractivity contribution in [2.24, 2.45) is 28.1 Å². The van der Waals surface area contributed by atoms with Gasteiger partial charge < -0.3 is 79.5 Å². The zero-order chi connectivity index (χ0) is 58.0. The molecule has 2 aromatic heterocycles. The molecule has 0 bridgehead atoms. The van der Waals surface area contributed by atoms with Crippen molar-refractivity contribution < 1.29 is 58.8 Å². The molecule has 0 fully saturated rings. The minimum absolute atomic E-state index is 0.0714. The lowest BCUT2D eigenvalue weighted by molar-refractivity contribution is -0.142. The average molecular weight is 1100 g/mol. The fourth-order valence-electron chi connectivity index (χ4n) is 8.98. The normalized spacial score (nSPS) is 13.8. The van der Waals surface area contributed by atoms with E-state index >= 15 is 0 Å². The number of para-hydroxylation sites is 2. The lowest BCUT2D eigenvalue weighted by Crippen LogP contribution is -2.60. The Labute approximate surface area is 459 Å². The number of hydrogen-bond donors (Lipinski definition) is 15. The van der Waals surface area contributed by atoms with Crippen molar-refractivity contribution in [2.45, 2.75) is 108 Å². The monoisotopic (exact) mass is 1100 g/mol. The SMILES string of the molecule is CC(C)C[C@H](NC(=O)[C@H](CC(=O)O)NC(=O)[C@H](Cc1ccc(O)cc1)NC(=O)[C@@H](N)CCCN=C(N)N)C(=O)N[C@@H](Cc1ccc(O)cc1)C(=O)N[C@@H](Cc1c[nH]c2ccccc12)C(=O)N[C@@H](Cc1c[nH]c2ccccc12)C(=O)O. The van der Waals surface area contributed by atoms with Gasteiger partial charge in [-0.2, -0.15) is 0 Å². The Kier molecular flexibility index (Phi) is 21.1. The number of aliphatic carboxylic acids is 2. The van der Waals surface area contributed by atoms with Gasteiger partial charge in [-0.1, -0.05) is 74.5 Å². The summed E-state index contributed by atoms with van der Waals surface area (Å²) in [5.74, 6) is -9.01. The van der Waals surface area contributed by atoms with Crippen LogP contribution in [0.25, 0.3) is 21.8 Å². The third-order valence-corrected chi connectivity index (χ3v) is 13.1. The third-order valence-electron chi connectivity index (χ3n) is 13.1. The number of phenols is 2. The first kappa shape index (κ1) is 59.8. The molecule has 7 atom stereocenters. The maximum atomic E-state index is 14.8. The van der Waals surface area contributed by atoms with E-state index in [1.807, 2.05) is 36.4 Å². The van der Waals surface area contributed by atoms with E-state index in [1.165, 1.54) is 48.5 Å². The van der Waals surface area contributed by atoms with Gasteiger partial charge in [-0.15, -0.1) is 0 Å². The van der Waals surface area contributed by atoms with Gasteiger partial charge in [0.2, 0.25) is 35.4 Å². The van der Waals surface area contributed by atoms with Gasteiger partial charge in [0.05, 0.1) is 12.5 Å². The van der Waals surface area contributed by atoms with Crippen molar-refractivity contribution in [1.29, 1.82) is 0 Å². The van der Waals surface area contributed by atoms with Gasteiger partial charge in [-0.05, 0) is 83.8 Å². The van der Waals surface area contributed by atoms with Crippen LogP contribution in [0.15, 0.2) is 114 Å². The van der Waals surface area contributed by atoms with Crippen LogP contribution in [0, 0.1) is 5.92 Å². The molecule has 0 aliphatic carbocycles. The first-order chi connectivity index (χ1) is 38.1. The van der Waals surface area contributed by atoms with Gasteiger partial charge in [0.15, 0.2) is 5.96 Å². The van der Waals surface area contributed by atoms with E-state index in [4.69, 9.17) is 17.2 Å². The van der Waals surface area contributed by atoms with Crippen molar-refractivity contribution >= 4 is 75.1 Å². The molecule has 0 radical (unpaired) electrons. The number of carboxylic acid groups (broad SMARTS) is 2. The zero-order valence-corrected chi connectivity index (χ0v) is 44.1. The van der Waals surface area contributed by atoms with Crippen LogP contribution < -0.4 is 49.1 Å². The predicted octanol–water partition coefficient (Wildman–Crippen LogP) is 1.23. The van der Waals surface area contributed by atoms with Gasteiger partial charge in [0.25, 0.3) is 0 Å². The Hall–Kier alpha value is -9.45. The molecule has 0 saturated heterocycles. The molecule has 0 saturated carbocycles. The van der Waals surface area contributed by atoms with E-state index in [-0.39, 0.29) is 68.4 Å². The van der Waals surface area contributed by atoms with Crippen LogP contribution in [-0.2, 0) is 64.0 Å². The Morgan fingerprint density at radius 3 is 1.39 bits per heavy atom. The molecule has 0 aliphatic heterocycles. The van der Waals surface area contributed by atoms with Gasteiger partial charge in [0, 0.05) is 66.4 Å². The van der Waals surface area contributed by atoms with Crippen molar-refractivity contribution in [3.05, 3.63) is 132 Å². The highest BCUT2D eigenvalue weighted by Gasteiger charge is 2.35. The number of aromatic nitrogens is 2. The average Bonchev–Trinajstić information content (AvgIpc) is 4.07. The number of nitrogens with zero attached hydrogens (tertiary/aromatic N) is 1. The summed E-state index contributed by atoms with van der Waals surface area (Å²) in [6.45, 7) is 3.65. The molecule has 18 N–H and O–H groups in total. The number of amides is 6. The molecule has 0 spiro atoms. The summed E-state index contributed by atoms with van der Waals surface area (Å²) >= 11 is 0. The number of rotatable bonds is 29. The van der Waals surface area contributed by atoms with E-state index in [9.17, 15) is 58.8 Å². The molecule has 2 heterocycles. The van der Waals surface area contributed by atoms with Gasteiger partial charge in [-0.25, -0.2) is 4.79 Å². The van der Waals surface area contributed by atoms with E-state index in [0.717, 1.165) is 21.8 Å². The van der Waals surface area contributed by atoms with E-state index < -0.39 is 96.1 Å². The Morgan fingerprint density at radius 1 is 0.525 bits per heavy atom. The third kappa shape index (κ3) is 17.5. The number of nitrogens with two attached hydrogens (primary N) is 3. The summed E-state index contributed by atoms with van der Waals surface area (Å²) in [5, 5.41) is 57.4. The molecule has 0 aliphatic rings. The highest BCUT2D eigenvalue weighted by molar-refractivity contribution is 5.98. The molecule has 0 unspecified atom stereocenters. The van der Waals surface area contributed by atoms with Crippen LogP contribution in [0.1, 0.15) is 61.8 Å². The summed E-state index contributed by atoms with van der Waals surface area (Å²) in [6, 6.07) is 15.6. The van der Waals surface area contributed by atoms with Crippen molar-refractivity contribution in [3.8, 4) is 11.5 Å². The van der Waals surface area contributed by atoms with Gasteiger partial charge in [0.1, 0.15) is 47.8 Å². The fraction of sp³-hybridized carbons (Fsp3) is 0.339. The summed E-state index contributed by atoms with van der Waals surface area (Å²) in [5.41, 5.74) is 20.5. The van der Waals surface area contributed by atoms with E-state index in [1.54, 1.807) is 38.4 Å². The van der Waals surface area contributed by atoms with Crippen LogP contribution in [0.3, 0.4) is 0 Å². The smallest absolute Gasteiger partial charge is 0.326 e. The number of aromatic hydroxyl groups is 2. The molecule has 24 nitrogen and oxygen atoms in total. The Bertz CT molecular complexity index is 3170. The van der Waals surface area contributed by atoms with Gasteiger partial charge in [-0.3, -0.25) is 38.6 Å². The first-order valence-electron chi connectivity index (χ1n) is 25.9. The van der Waals surface area contributed by atoms with Crippen LogP contribution in [-0.4, -0.2) is 133 Å². The number of benzene rings is 4. The quantitative estimate of drug-likeness (QED) is 0.0178. The number of carbonyl (C=O) groups is 8. The fourth-order valence-corrected chi connectivity index (χ4v) is 8.98. The standard InChI is InChI=1S/C56H68N12O12/c1-30(2)22-42(64-54(78)46(27-48(71)72)67-51(75)43(23-31-13-17-35(69)18-14-31)63-49(73)39(57)10-7-21-60-56(58)59)50(74)65-44(24-32-15-19-36(70)20-16-32)52(76)66-45(25-33-28-61-40-11-5-3-8-37(33)40)53(77)68-47(55(79)80)26-34-29-62-41-12-6-4-9-38(34)41/h3-6,8-9,11-20,28-30,39,42-47,61-62,69-70H,7,10,21-27,57H2,1-2H3,(H,63,73)(H,64,78)(H,65,74)(H,66,76)(H,67,75)(H,68,77)(H,71,72)(H,79,80)(H4,58,59,60)/t39-,42-,43-,44-,45-,46-,47-/m0/s1. The molecule has 80 heavy (non-hydrogen) atoms. The second kappa shape index (κ2) is 28.3. The number of fused-ring (bicyclic) bond motifs is 2. The van der Waals surface area contributed by atoms with Crippen LogP contribution >= 0.6 is 0 Å². The molecule has 4 aromatic carbocycles. The number of guanidine groups is 1.